The number of hydrogen-bond acceptors (Lipinski definition) is 2. The molecule has 1 unspecified atom stereocenters. The predicted octanol–water partition coefficient (Wildman–Crippen LogP) is 2.77. The first-order valence-electron chi connectivity index (χ1n) is 7.27. The average molecular weight is 287 g/mol. The SMILES string of the molecule is O=CN1CCCCC1Cc1ncc(-c2ccc(F)cc2)[nH]1. The molecule has 0 aliphatic carbocycles. The lowest BCUT2D eigenvalue weighted by atomic mass is 10.00. The molecule has 110 valence electrons. The van der Waals surface area contributed by atoms with Crippen LogP contribution in [0.4, 0.5) is 4.39 Å². The van der Waals surface area contributed by atoms with Crippen LogP contribution in [0.2, 0.25) is 0 Å². The molecular weight excluding hydrogens is 269 g/mol. The maximum absolute atomic E-state index is 12.9. The van der Waals surface area contributed by atoms with Gasteiger partial charge in [0.25, 0.3) is 0 Å². The smallest absolute Gasteiger partial charge is 0.209 e. The van der Waals surface area contributed by atoms with Gasteiger partial charge in [-0.2, -0.15) is 0 Å². The summed E-state index contributed by atoms with van der Waals surface area (Å²) in [6.45, 7) is 0.833. The summed E-state index contributed by atoms with van der Waals surface area (Å²) < 4.78 is 12.9. The Morgan fingerprint density at radius 3 is 2.90 bits per heavy atom. The second kappa shape index (κ2) is 6.08. The number of halogens is 1. The third-order valence-corrected chi connectivity index (χ3v) is 4.02. The van der Waals surface area contributed by atoms with E-state index in [1.165, 1.54) is 12.1 Å². The second-order valence-electron chi connectivity index (χ2n) is 5.45. The van der Waals surface area contributed by atoms with E-state index >= 15 is 0 Å². The van der Waals surface area contributed by atoms with Gasteiger partial charge in [-0.15, -0.1) is 0 Å². The first kappa shape index (κ1) is 13.8. The number of carbonyl (C=O) groups is 1. The van der Waals surface area contributed by atoms with E-state index in [0.717, 1.165) is 55.7 Å². The fourth-order valence-corrected chi connectivity index (χ4v) is 2.85. The number of imidazole rings is 1. The molecule has 2 heterocycles. The quantitative estimate of drug-likeness (QED) is 0.879. The first-order chi connectivity index (χ1) is 10.3. The van der Waals surface area contributed by atoms with Gasteiger partial charge in [0, 0.05) is 19.0 Å². The van der Waals surface area contributed by atoms with Crippen LogP contribution in [0.5, 0.6) is 0 Å². The number of nitrogens with one attached hydrogen (secondary N) is 1. The summed E-state index contributed by atoms with van der Waals surface area (Å²) in [6.07, 6.45) is 6.68. The molecule has 2 aromatic rings. The van der Waals surface area contributed by atoms with Crippen LogP contribution in [0.3, 0.4) is 0 Å². The second-order valence-corrected chi connectivity index (χ2v) is 5.45. The van der Waals surface area contributed by atoms with E-state index in [4.69, 9.17) is 0 Å². The molecule has 1 aliphatic heterocycles. The number of likely N-dealkylation sites (tertiary alicyclic amines) is 1. The van der Waals surface area contributed by atoms with Gasteiger partial charge in [-0.3, -0.25) is 4.79 Å². The lowest BCUT2D eigenvalue weighted by molar-refractivity contribution is -0.121. The predicted molar refractivity (Wildman–Crippen MR) is 78.1 cm³/mol. The van der Waals surface area contributed by atoms with E-state index in [-0.39, 0.29) is 11.9 Å². The zero-order valence-electron chi connectivity index (χ0n) is 11.8. The number of rotatable bonds is 4. The van der Waals surface area contributed by atoms with Crippen LogP contribution >= 0.6 is 0 Å². The number of benzene rings is 1. The van der Waals surface area contributed by atoms with Gasteiger partial charge in [-0.05, 0) is 49.1 Å². The number of amides is 1. The first-order valence-corrected chi connectivity index (χ1v) is 7.27. The Balaban J connectivity index is 1.72. The maximum Gasteiger partial charge on any atom is 0.209 e. The summed E-state index contributed by atoms with van der Waals surface area (Å²) in [4.78, 5) is 20.6. The Kier molecular flexibility index (Phi) is 3.99. The molecule has 0 bridgehead atoms. The van der Waals surface area contributed by atoms with Gasteiger partial charge in [0.1, 0.15) is 11.6 Å². The Morgan fingerprint density at radius 1 is 1.33 bits per heavy atom. The van der Waals surface area contributed by atoms with Crippen molar-refractivity contribution >= 4 is 6.41 Å². The minimum absolute atomic E-state index is 0.225. The Hall–Kier alpha value is -2.17. The topological polar surface area (TPSA) is 49.0 Å². The lowest BCUT2D eigenvalue weighted by Crippen LogP contribution is -2.39. The molecule has 1 aromatic heterocycles. The molecule has 0 saturated carbocycles. The Bertz CT molecular complexity index is 608. The summed E-state index contributed by atoms with van der Waals surface area (Å²) in [7, 11) is 0. The summed E-state index contributed by atoms with van der Waals surface area (Å²) in [6, 6.07) is 6.55. The molecule has 3 rings (SSSR count). The normalized spacial score (nSPS) is 18.7. The molecule has 0 spiro atoms. The van der Waals surface area contributed by atoms with Gasteiger partial charge >= 0.3 is 0 Å². The fraction of sp³-hybridized carbons (Fsp3) is 0.375. The molecule has 1 N–H and O–H groups in total. The lowest BCUT2D eigenvalue weighted by Gasteiger charge is -2.32. The molecule has 1 amide bonds. The number of aromatic nitrogens is 2. The van der Waals surface area contributed by atoms with Crippen LogP contribution in [-0.4, -0.2) is 33.9 Å². The molecule has 1 aromatic carbocycles. The summed E-state index contributed by atoms with van der Waals surface area (Å²) in [5.41, 5.74) is 1.78. The standard InChI is InChI=1S/C16H18FN3O/c17-13-6-4-12(5-7-13)15-10-18-16(19-15)9-14-3-1-2-8-20(14)11-21/h4-7,10-11,14H,1-3,8-9H2,(H,18,19). The highest BCUT2D eigenvalue weighted by Crippen LogP contribution is 2.21. The van der Waals surface area contributed by atoms with Gasteiger partial charge in [-0.25, -0.2) is 9.37 Å². The van der Waals surface area contributed by atoms with Crippen molar-refractivity contribution in [1.29, 1.82) is 0 Å². The zero-order valence-corrected chi connectivity index (χ0v) is 11.8. The van der Waals surface area contributed by atoms with E-state index < -0.39 is 0 Å². The van der Waals surface area contributed by atoms with E-state index in [1.807, 2.05) is 4.90 Å². The third kappa shape index (κ3) is 3.12. The van der Waals surface area contributed by atoms with Crippen LogP contribution in [-0.2, 0) is 11.2 Å². The van der Waals surface area contributed by atoms with Crippen LogP contribution in [0.15, 0.2) is 30.5 Å². The number of nitrogens with zero attached hydrogens (tertiary/aromatic N) is 2. The molecule has 1 atom stereocenters. The van der Waals surface area contributed by atoms with Gasteiger partial charge < -0.3 is 9.88 Å². The summed E-state index contributed by atoms with van der Waals surface area (Å²) in [5.74, 6) is 0.621. The van der Waals surface area contributed by atoms with Crippen molar-refractivity contribution in [3.8, 4) is 11.3 Å². The van der Waals surface area contributed by atoms with Crippen molar-refractivity contribution < 1.29 is 9.18 Å². The van der Waals surface area contributed by atoms with Crippen molar-refractivity contribution in [2.45, 2.75) is 31.7 Å². The van der Waals surface area contributed by atoms with Gasteiger partial charge in [0.05, 0.1) is 11.9 Å². The number of H-pyrrole nitrogens is 1. The van der Waals surface area contributed by atoms with Crippen LogP contribution < -0.4 is 0 Å². The highest BCUT2D eigenvalue weighted by Gasteiger charge is 2.22. The molecular formula is C16H18FN3O. The van der Waals surface area contributed by atoms with Crippen molar-refractivity contribution in [2.75, 3.05) is 6.54 Å². The van der Waals surface area contributed by atoms with Gasteiger partial charge in [0.2, 0.25) is 6.41 Å². The zero-order chi connectivity index (χ0) is 14.7. The molecule has 1 aliphatic rings. The van der Waals surface area contributed by atoms with Gasteiger partial charge in [0.15, 0.2) is 0 Å². The number of piperidine rings is 1. The van der Waals surface area contributed by atoms with Crippen molar-refractivity contribution in [3.63, 3.8) is 0 Å². The van der Waals surface area contributed by atoms with Crippen molar-refractivity contribution in [2.24, 2.45) is 0 Å². The molecule has 4 nitrogen and oxygen atoms in total. The summed E-state index contributed by atoms with van der Waals surface area (Å²) in [5, 5.41) is 0. The minimum Gasteiger partial charge on any atom is -0.342 e. The van der Waals surface area contributed by atoms with Crippen LogP contribution in [0.25, 0.3) is 11.3 Å². The minimum atomic E-state index is -0.248. The highest BCUT2D eigenvalue weighted by atomic mass is 19.1. The third-order valence-electron chi connectivity index (χ3n) is 4.02. The van der Waals surface area contributed by atoms with Crippen LogP contribution in [0.1, 0.15) is 25.1 Å². The molecule has 0 radical (unpaired) electrons. The number of aromatic amines is 1. The molecule has 1 fully saturated rings. The number of carbonyl (C=O) groups excluding carboxylic acids is 1. The fourth-order valence-electron chi connectivity index (χ4n) is 2.85. The number of hydrogen-bond donors (Lipinski definition) is 1. The van der Waals surface area contributed by atoms with Gasteiger partial charge in [-0.1, -0.05) is 0 Å². The van der Waals surface area contributed by atoms with Crippen LogP contribution in [0, 0.1) is 5.82 Å². The Labute approximate surface area is 123 Å². The van der Waals surface area contributed by atoms with E-state index in [9.17, 15) is 9.18 Å². The van der Waals surface area contributed by atoms with E-state index in [0.29, 0.717) is 0 Å². The molecule has 5 heteroatoms. The summed E-state index contributed by atoms with van der Waals surface area (Å²) >= 11 is 0. The molecule has 1 saturated heterocycles. The van der Waals surface area contributed by atoms with E-state index in [2.05, 4.69) is 9.97 Å². The highest BCUT2D eigenvalue weighted by molar-refractivity contribution is 5.58. The monoisotopic (exact) mass is 287 g/mol. The average Bonchev–Trinajstić information content (AvgIpc) is 2.97. The van der Waals surface area contributed by atoms with Crippen molar-refractivity contribution in [3.05, 3.63) is 42.1 Å². The maximum atomic E-state index is 12.9. The largest absolute Gasteiger partial charge is 0.342 e. The van der Waals surface area contributed by atoms with Crippen molar-refractivity contribution in [1.82, 2.24) is 14.9 Å². The molecule has 21 heavy (non-hydrogen) atoms. The Morgan fingerprint density at radius 2 is 2.14 bits per heavy atom. The van der Waals surface area contributed by atoms with E-state index in [1.54, 1.807) is 18.3 Å².